The third-order valence-electron chi connectivity index (χ3n) is 4.21. The van der Waals surface area contributed by atoms with Crippen molar-refractivity contribution in [2.75, 3.05) is 5.32 Å². The van der Waals surface area contributed by atoms with Gasteiger partial charge in [0.05, 0.1) is 5.92 Å². The summed E-state index contributed by atoms with van der Waals surface area (Å²) in [6.07, 6.45) is -0.604. The normalized spacial score (nSPS) is 24.0. The summed E-state index contributed by atoms with van der Waals surface area (Å²) in [5.41, 5.74) is 2.22. The number of carbonyl (C=O) groups is 1. The van der Waals surface area contributed by atoms with Crippen molar-refractivity contribution in [3.63, 3.8) is 0 Å². The fraction of sp³-hybridized carbons (Fsp3) is 0.188. The molecular formula is C16H10Cl3NO3. The van der Waals surface area contributed by atoms with E-state index >= 15 is 0 Å². The molecule has 23 heavy (non-hydrogen) atoms. The van der Waals surface area contributed by atoms with Gasteiger partial charge in [-0.3, -0.25) is 0 Å². The Morgan fingerprint density at radius 1 is 1.13 bits per heavy atom. The third-order valence-corrected chi connectivity index (χ3v) is 4.98. The van der Waals surface area contributed by atoms with Gasteiger partial charge in [-0.05, 0) is 30.3 Å². The lowest BCUT2D eigenvalue weighted by atomic mass is 9.81. The van der Waals surface area contributed by atoms with Gasteiger partial charge in [-0.25, -0.2) is 4.79 Å². The molecule has 0 amide bonds. The van der Waals surface area contributed by atoms with Crippen molar-refractivity contribution in [1.82, 2.24) is 0 Å². The minimum atomic E-state index is -0.999. The van der Waals surface area contributed by atoms with E-state index in [1.54, 1.807) is 30.3 Å². The third kappa shape index (κ3) is 2.24. The van der Waals surface area contributed by atoms with E-state index in [-0.39, 0.29) is 5.92 Å². The van der Waals surface area contributed by atoms with Crippen LogP contribution in [0.1, 0.15) is 17.0 Å². The van der Waals surface area contributed by atoms with Crippen LogP contribution in [0.2, 0.25) is 15.1 Å². The molecule has 0 aromatic heterocycles. The fourth-order valence-corrected chi connectivity index (χ4v) is 4.11. The quantitative estimate of drug-likeness (QED) is 0.780. The van der Waals surface area contributed by atoms with Gasteiger partial charge in [0.1, 0.15) is 11.9 Å². The monoisotopic (exact) mass is 369 g/mol. The highest BCUT2D eigenvalue weighted by atomic mass is 35.5. The minimum Gasteiger partial charge on any atom is -0.486 e. The van der Waals surface area contributed by atoms with Crippen LogP contribution in [0.5, 0.6) is 5.75 Å². The average molecular weight is 371 g/mol. The maximum Gasteiger partial charge on any atom is 0.330 e. The maximum atomic E-state index is 11.7. The van der Waals surface area contributed by atoms with E-state index in [0.717, 1.165) is 11.1 Å². The standard InChI is InChI=1S/C16H10Cl3NO3/c17-6-1-2-11-8(3-6)12-13-9(19)4-7(18)5-10(13)20-14(16(21)22)15(12)23-11/h1-5,12,14-15,20H,(H,21,22). The molecule has 2 aliphatic rings. The summed E-state index contributed by atoms with van der Waals surface area (Å²) in [5, 5.41) is 14.0. The highest BCUT2D eigenvalue weighted by Crippen LogP contribution is 2.51. The number of anilines is 1. The highest BCUT2D eigenvalue weighted by molar-refractivity contribution is 6.36. The smallest absolute Gasteiger partial charge is 0.330 e. The van der Waals surface area contributed by atoms with Crippen LogP contribution in [-0.4, -0.2) is 23.2 Å². The first-order valence-electron chi connectivity index (χ1n) is 6.90. The number of nitrogens with one attached hydrogen (secondary N) is 1. The van der Waals surface area contributed by atoms with Gasteiger partial charge in [-0.1, -0.05) is 34.8 Å². The number of rotatable bonds is 1. The molecule has 3 unspecified atom stereocenters. The highest BCUT2D eigenvalue weighted by Gasteiger charge is 2.48. The molecule has 2 aromatic carbocycles. The van der Waals surface area contributed by atoms with E-state index < -0.39 is 18.1 Å². The Morgan fingerprint density at radius 3 is 2.65 bits per heavy atom. The Balaban J connectivity index is 1.97. The molecule has 4 rings (SSSR count). The first-order chi connectivity index (χ1) is 11.0. The number of halogens is 3. The van der Waals surface area contributed by atoms with Crippen LogP contribution in [0.3, 0.4) is 0 Å². The molecule has 0 fully saturated rings. The zero-order valence-electron chi connectivity index (χ0n) is 11.5. The molecule has 0 spiro atoms. The van der Waals surface area contributed by atoms with Crippen molar-refractivity contribution in [1.29, 1.82) is 0 Å². The Hall–Kier alpha value is -1.62. The lowest BCUT2D eigenvalue weighted by Crippen LogP contribution is -2.48. The van der Waals surface area contributed by atoms with E-state index in [4.69, 9.17) is 39.5 Å². The lowest BCUT2D eigenvalue weighted by molar-refractivity contribution is -0.140. The van der Waals surface area contributed by atoms with Crippen LogP contribution >= 0.6 is 34.8 Å². The predicted octanol–water partition coefficient (Wildman–Crippen LogP) is 4.42. The van der Waals surface area contributed by atoms with Crippen LogP contribution in [0.15, 0.2) is 30.3 Å². The minimum absolute atomic E-state index is 0.314. The summed E-state index contributed by atoms with van der Waals surface area (Å²) in [7, 11) is 0. The van der Waals surface area contributed by atoms with Crippen molar-refractivity contribution in [3.8, 4) is 5.75 Å². The Labute approximate surface area is 146 Å². The van der Waals surface area contributed by atoms with Crippen molar-refractivity contribution in [2.45, 2.75) is 18.1 Å². The van der Waals surface area contributed by atoms with E-state index in [1.807, 2.05) is 0 Å². The van der Waals surface area contributed by atoms with Crippen molar-refractivity contribution >= 4 is 46.5 Å². The molecule has 0 aliphatic carbocycles. The second kappa shape index (κ2) is 5.20. The maximum absolute atomic E-state index is 11.7. The number of ether oxygens (including phenoxy) is 1. The first kappa shape index (κ1) is 14.9. The number of fused-ring (bicyclic) bond motifs is 5. The van der Waals surface area contributed by atoms with E-state index in [2.05, 4.69) is 5.32 Å². The number of carboxylic acid groups (broad SMARTS) is 1. The zero-order chi connectivity index (χ0) is 16.3. The molecule has 0 radical (unpaired) electrons. The first-order valence-corrected chi connectivity index (χ1v) is 8.03. The molecule has 3 atom stereocenters. The molecule has 2 aromatic rings. The summed E-state index contributed by atoms with van der Waals surface area (Å²) in [4.78, 5) is 11.7. The number of benzene rings is 2. The summed E-state index contributed by atoms with van der Waals surface area (Å²) >= 11 is 18.5. The molecule has 2 aliphatic heterocycles. The SMILES string of the molecule is O=C(O)C1Nc2cc(Cl)cc(Cl)c2C2c3cc(Cl)ccc3OC12. The molecule has 118 valence electrons. The fourth-order valence-electron chi connectivity index (χ4n) is 3.31. The van der Waals surface area contributed by atoms with Crippen LogP contribution in [0, 0.1) is 0 Å². The van der Waals surface area contributed by atoms with Gasteiger partial charge in [0.2, 0.25) is 0 Å². The largest absolute Gasteiger partial charge is 0.486 e. The predicted molar refractivity (Wildman–Crippen MR) is 89.2 cm³/mol. The number of hydrogen-bond acceptors (Lipinski definition) is 3. The van der Waals surface area contributed by atoms with Crippen molar-refractivity contribution in [2.24, 2.45) is 0 Å². The molecule has 0 saturated heterocycles. The molecule has 0 saturated carbocycles. The second-order valence-electron chi connectivity index (χ2n) is 5.55. The van der Waals surface area contributed by atoms with E-state index in [1.165, 1.54) is 0 Å². The van der Waals surface area contributed by atoms with Gasteiger partial charge in [0.15, 0.2) is 6.04 Å². The molecule has 7 heteroatoms. The molecular weight excluding hydrogens is 361 g/mol. The van der Waals surface area contributed by atoms with E-state index in [0.29, 0.717) is 26.5 Å². The van der Waals surface area contributed by atoms with Gasteiger partial charge in [0, 0.05) is 31.9 Å². The summed E-state index contributed by atoms with van der Waals surface area (Å²) in [6, 6.07) is 7.67. The van der Waals surface area contributed by atoms with Crippen molar-refractivity contribution in [3.05, 3.63) is 56.5 Å². The Morgan fingerprint density at radius 2 is 1.91 bits per heavy atom. The van der Waals surface area contributed by atoms with Gasteiger partial charge in [0.25, 0.3) is 0 Å². The van der Waals surface area contributed by atoms with Gasteiger partial charge in [-0.15, -0.1) is 0 Å². The van der Waals surface area contributed by atoms with E-state index in [9.17, 15) is 9.90 Å². The molecule has 4 nitrogen and oxygen atoms in total. The number of aliphatic carboxylic acids is 1. The van der Waals surface area contributed by atoms with Crippen LogP contribution in [0.4, 0.5) is 5.69 Å². The zero-order valence-corrected chi connectivity index (χ0v) is 13.8. The topological polar surface area (TPSA) is 58.6 Å². The summed E-state index contributed by atoms with van der Waals surface area (Å²) < 4.78 is 5.89. The molecule has 2 N–H and O–H groups in total. The number of hydrogen-bond donors (Lipinski definition) is 2. The molecule has 2 heterocycles. The lowest BCUT2D eigenvalue weighted by Gasteiger charge is -2.34. The summed E-state index contributed by atoms with van der Waals surface area (Å²) in [5.74, 6) is -0.692. The van der Waals surface area contributed by atoms with Crippen LogP contribution in [0.25, 0.3) is 0 Å². The van der Waals surface area contributed by atoms with Crippen molar-refractivity contribution < 1.29 is 14.6 Å². The Bertz CT molecular complexity index is 840. The van der Waals surface area contributed by atoms with Gasteiger partial charge < -0.3 is 15.2 Å². The summed E-state index contributed by atoms with van der Waals surface area (Å²) in [6.45, 7) is 0. The molecule has 0 bridgehead atoms. The van der Waals surface area contributed by atoms with Gasteiger partial charge >= 0.3 is 5.97 Å². The second-order valence-corrected chi connectivity index (χ2v) is 6.83. The average Bonchev–Trinajstić information content (AvgIpc) is 2.84. The van der Waals surface area contributed by atoms with Crippen LogP contribution in [-0.2, 0) is 4.79 Å². The Kier molecular flexibility index (Phi) is 3.38. The number of carboxylic acids is 1. The van der Waals surface area contributed by atoms with Gasteiger partial charge in [-0.2, -0.15) is 0 Å². The van der Waals surface area contributed by atoms with Crippen LogP contribution < -0.4 is 10.1 Å².